The van der Waals surface area contributed by atoms with Gasteiger partial charge in [-0.25, -0.2) is 0 Å². The number of ketones is 1. The summed E-state index contributed by atoms with van der Waals surface area (Å²) >= 11 is 5.94. The van der Waals surface area contributed by atoms with E-state index in [0.29, 0.717) is 23.4 Å². The van der Waals surface area contributed by atoms with Crippen LogP contribution in [0.5, 0.6) is 0 Å². The van der Waals surface area contributed by atoms with E-state index in [9.17, 15) is 4.79 Å². The van der Waals surface area contributed by atoms with Crippen LogP contribution in [0.15, 0.2) is 24.3 Å². The molecule has 0 aliphatic carbocycles. The third kappa shape index (κ3) is 4.05. The number of Topliss-reactive ketones (excluding diaryl/α,β-unsaturated/α-hetero) is 1. The van der Waals surface area contributed by atoms with Crippen LogP contribution in [0.4, 0.5) is 0 Å². The fourth-order valence-electron chi connectivity index (χ4n) is 2.77. The fourth-order valence-corrected chi connectivity index (χ4v) is 2.97. The second kappa shape index (κ2) is 6.53. The van der Waals surface area contributed by atoms with Crippen LogP contribution in [0.25, 0.3) is 0 Å². The van der Waals surface area contributed by atoms with Crippen molar-refractivity contribution in [1.29, 1.82) is 0 Å². The summed E-state index contributed by atoms with van der Waals surface area (Å²) < 4.78 is 0. The SMILES string of the molecule is CC(C)N1CCC[C@@H](CC(=O)c2cccc(Cl)c2)C1. The number of benzene rings is 1. The van der Waals surface area contributed by atoms with Gasteiger partial charge in [0, 0.05) is 29.6 Å². The Morgan fingerprint density at radius 1 is 1.47 bits per heavy atom. The van der Waals surface area contributed by atoms with Gasteiger partial charge < -0.3 is 4.90 Å². The first-order valence-electron chi connectivity index (χ1n) is 7.09. The molecule has 1 aromatic rings. The number of likely N-dealkylation sites (tertiary alicyclic amines) is 1. The zero-order valence-corrected chi connectivity index (χ0v) is 12.5. The average molecular weight is 280 g/mol. The highest BCUT2D eigenvalue weighted by Crippen LogP contribution is 2.23. The average Bonchev–Trinajstić information content (AvgIpc) is 2.39. The molecule has 0 amide bonds. The molecule has 19 heavy (non-hydrogen) atoms. The van der Waals surface area contributed by atoms with Crippen molar-refractivity contribution in [1.82, 2.24) is 4.90 Å². The molecule has 0 aromatic heterocycles. The van der Waals surface area contributed by atoms with Gasteiger partial charge in [-0.2, -0.15) is 0 Å². The lowest BCUT2D eigenvalue weighted by molar-refractivity contribution is 0.0890. The minimum absolute atomic E-state index is 0.220. The lowest BCUT2D eigenvalue weighted by Crippen LogP contribution is -2.40. The van der Waals surface area contributed by atoms with Crippen molar-refractivity contribution in [3.05, 3.63) is 34.9 Å². The number of rotatable bonds is 4. The van der Waals surface area contributed by atoms with Crippen molar-refractivity contribution in [2.45, 2.75) is 39.2 Å². The van der Waals surface area contributed by atoms with Crippen LogP contribution in [0.2, 0.25) is 5.02 Å². The lowest BCUT2D eigenvalue weighted by Gasteiger charge is -2.35. The predicted octanol–water partition coefficient (Wildman–Crippen LogP) is 4.03. The molecule has 0 unspecified atom stereocenters. The maximum atomic E-state index is 12.3. The van der Waals surface area contributed by atoms with Gasteiger partial charge in [-0.15, -0.1) is 0 Å². The standard InChI is InChI=1S/C16H22ClNO/c1-12(2)18-8-4-5-13(11-18)9-16(19)14-6-3-7-15(17)10-14/h3,6-7,10,12-13H,4-5,8-9,11H2,1-2H3/t13-/m0/s1. The Morgan fingerprint density at radius 3 is 2.95 bits per heavy atom. The summed E-state index contributed by atoms with van der Waals surface area (Å²) in [6, 6.07) is 7.85. The highest BCUT2D eigenvalue weighted by Gasteiger charge is 2.23. The molecule has 1 saturated heterocycles. The molecule has 1 aromatic carbocycles. The van der Waals surface area contributed by atoms with E-state index in [-0.39, 0.29) is 5.78 Å². The number of carbonyl (C=O) groups is 1. The largest absolute Gasteiger partial charge is 0.301 e. The van der Waals surface area contributed by atoms with Crippen LogP contribution < -0.4 is 0 Å². The van der Waals surface area contributed by atoms with Gasteiger partial charge in [-0.3, -0.25) is 4.79 Å². The lowest BCUT2D eigenvalue weighted by atomic mass is 9.90. The van der Waals surface area contributed by atoms with E-state index in [2.05, 4.69) is 18.7 Å². The topological polar surface area (TPSA) is 20.3 Å². The number of hydrogen-bond donors (Lipinski definition) is 0. The van der Waals surface area contributed by atoms with E-state index < -0.39 is 0 Å². The van der Waals surface area contributed by atoms with Gasteiger partial charge in [-0.05, 0) is 51.3 Å². The summed E-state index contributed by atoms with van der Waals surface area (Å²) in [5, 5.41) is 0.637. The second-order valence-electron chi connectivity index (χ2n) is 5.73. The Balaban J connectivity index is 1.95. The van der Waals surface area contributed by atoms with Gasteiger partial charge in [0.15, 0.2) is 5.78 Å². The number of hydrogen-bond acceptors (Lipinski definition) is 2. The monoisotopic (exact) mass is 279 g/mol. The third-order valence-electron chi connectivity index (χ3n) is 3.90. The Morgan fingerprint density at radius 2 is 2.26 bits per heavy atom. The Hall–Kier alpha value is -0.860. The first-order valence-corrected chi connectivity index (χ1v) is 7.47. The normalized spacial score (nSPS) is 20.7. The summed E-state index contributed by atoms with van der Waals surface area (Å²) in [6.07, 6.45) is 3.00. The molecular formula is C16H22ClNO. The van der Waals surface area contributed by atoms with Crippen molar-refractivity contribution >= 4 is 17.4 Å². The molecule has 104 valence electrons. The van der Waals surface area contributed by atoms with Crippen molar-refractivity contribution < 1.29 is 4.79 Å². The van der Waals surface area contributed by atoms with Crippen molar-refractivity contribution in [2.24, 2.45) is 5.92 Å². The molecule has 1 atom stereocenters. The molecule has 0 saturated carbocycles. The van der Waals surface area contributed by atoms with E-state index in [0.717, 1.165) is 18.5 Å². The maximum Gasteiger partial charge on any atom is 0.163 e. The molecular weight excluding hydrogens is 258 g/mol. The van der Waals surface area contributed by atoms with Gasteiger partial charge in [0.05, 0.1) is 0 Å². The smallest absolute Gasteiger partial charge is 0.163 e. The zero-order chi connectivity index (χ0) is 13.8. The van der Waals surface area contributed by atoms with Gasteiger partial charge in [0.25, 0.3) is 0 Å². The minimum atomic E-state index is 0.220. The van der Waals surface area contributed by atoms with Gasteiger partial charge >= 0.3 is 0 Å². The first kappa shape index (κ1) is 14.5. The fraction of sp³-hybridized carbons (Fsp3) is 0.562. The van der Waals surface area contributed by atoms with Crippen molar-refractivity contribution in [3.8, 4) is 0 Å². The van der Waals surface area contributed by atoms with E-state index in [1.165, 1.54) is 13.0 Å². The number of nitrogens with zero attached hydrogens (tertiary/aromatic N) is 1. The molecule has 0 N–H and O–H groups in total. The zero-order valence-electron chi connectivity index (χ0n) is 11.7. The molecule has 1 aliphatic rings. The summed E-state index contributed by atoms with van der Waals surface area (Å²) in [6.45, 7) is 6.66. The molecule has 2 nitrogen and oxygen atoms in total. The quantitative estimate of drug-likeness (QED) is 0.776. The van der Waals surface area contributed by atoms with E-state index >= 15 is 0 Å². The van der Waals surface area contributed by atoms with Gasteiger partial charge in [0.2, 0.25) is 0 Å². The van der Waals surface area contributed by atoms with E-state index in [1.54, 1.807) is 12.1 Å². The summed E-state index contributed by atoms with van der Waals surface area (Å²) in [7, 11) is 0. The number of carbonyl (C=O) groups excluding carboxylic acids is 1. The minimum Gasteiger partial charge on any atom is -0.301 e. The Bertz CT molecular complexity index is 444. The van der Waals surface area contributed by atoms with Crippen molar-refractivity contribution in [2.75, 3.05) is 13.1 Å². The van der Waals surface area contributed by atoms with Gasteiger partial charge in [0.1, 0.15) is 0 Å². The predicted molar refractivity (Wildman–Crippen MR) is 79.8 cm³/mol. The van der Waals surface area contributed by atoms with Crippen LogP contribution in [0.1, 0.15) is 43.5 Å². The molecule has 1 fully saturated rings. The number of piperidine rings is 1. The molecule has 2 rings (SSSR count). The third-order valence-corrected chi connectivity index (χ3v) is 4.14. The molecule has 0 spiro atoms. The highest BCUT2D eigenvalue weighted by molar-refractivity contribution is 6.31. The Labute approximate surface area is 120 Å². The van der Waals surface area contributed by atoms with E-state index in [4.69, 9.17) is 11.6 Å². The highest BCUT2D eigenvalue weighted by atomic mass is 35.5. The summed E-state index contributed by atoms with van der Waals surface area (Å²) in [4.78, 5) is 14.7. The van der Waals surface area contributed by atoms with E-state index in [1.807, 2.05) is 12.1 Å². The molecule has 0 radical (unpaired) electrons. The van der Waals surface area contributed by atoms with Crippen LogP contribution in [-0.2, 0) is 0 Å². The first-order chi connectivity index (χ1) is 9.06. The van der Waals surface area contributed by atoms with Crippen LogP contribution in [0, 0.1) is 5.92 Å². The molecule has 1 aliphatic heterocycles. The number of halogens is 1. The molecule has 3 heteroatoms. The second-order valence-corrected chi connectivity index (χ2v) is 6.17. The Kier molecular flexibility index (Phi) is 5.00. The summed E-state index contributed by atoms with van der Waals surface area (Å²) in [5.74, 6) is 0.709. The maximum absolute atomic E-state index is 12.3. The van der Waals surface area contributed by atoms with Gasteiger partial charge in [-0.1, -0.05) is 23.7 Å². The molecule has 0 bridgehead atoms. The molecule has 1 heterocycles. The van der Waals surface area contributed by atoms with Crippen LogP contribution in [-0.4, -0.2) is 29.8 Å². The summed E-state index contributed by atoms with van der Waals surface area (Å²) in [5.41, 5.74) is 0.745. The van der Waals surface area contributed by atoms with Crippen LogP contribution in [0.3, 0.4) is 0 Å². The van der Waals surface area contributed by atoms with Crippen LogP contribution >= 0.6 is 11.6 Å². The van der Waals surface area contributed by atoms with Crippen molar-refractivity contribution in [3.63, 3.8) is 0 Å².